The Hall–Kier alpha value is -2.48. The third kappa shape index (κ3) is 2.70. The number of carbonyl (C=O) groups is 2. The topological polar surface area (TPSA) is 102 Å². The first-order chi connectivity index (χ1) is 9.89. The monoisotopic (exact) mass is 293 g/mol. The Bertz CT molecular complexity index is 603. The lowest BCUT2D eigenvalue weighted by Crippen LogP contribution is -2.47. The van der Waals surface area contributed by atoms with Gasteiger partial charge in [-0.15, -0.1) is 0 Å². The normalized spacial score (nSPS) is 21.5. The third-order valence-electron chi connectivity index (χ3n) is 3.29. The van der Waals surface area contributed by atoms with Gasteiger partial charge in [-0.2, -0.15) is 0 Å². The van der Waals surface area contributed by atoms with Crippen LogP contribution in [0.25, 0.3) is 0 Å². The van der Waals surface area contributed by atoms with E-state index in [4.69, 9.17) is 4.74 Å². The van der Waals surface area contributed by atoms with Crippen LogP contribution in [0, 0.1) is 10.1 Å². The first kappa shape index (κ1) is 14.9. The van der Waals surface area contributed by atoms with Gasteiger partial charge in [0, 0.05) is 18.7 Å². The first-order valence-corrected chi connectivity index (χ1v) is 6.24. The molecule has 21 heavy (non-hydrogen) atoms. The number of benzene rings is 1. The third-order valence-corrected chi connectivity index (χ3v) is 3.29. The fourth-order valence-electron chi connectivity index (χ4n) is 2.27. The van der Waals surface area contributed by atoms with Crippen molar-refractivity contribution in [2.75, 3.05) is 13.7 Å². The van der Waals surface area contributed by atoms with E-state index in [1.165, 1.54) is 25.3 Å². The molecule has 1 saturated heterocycles. The molecule has 1 aromatic carbocycles. The number of rotatable bonds is 5. The number of amides is 3. The molecule has 3 amide bonds. The zero-order valence-electron chi connectivity index (χ0n) is 11.7. The minimum absolute atomic E-state index is 0.0327. The van der Waals surface area contributed by atoms with E-state index in [9.17, 15) is 19.7 Å². The number of nitro groups is 1. The maximum absolute atomic E-state index is 12.3. The molecule has 1 atom stereocenters. The smallest absolute Gasteiger partial charge is 0.325 e. The fourth-order valence-corrected chi connectivity index (χ4v) is 2.27. The maximum Gasteiger partial charge on any atom is 0.325 e. The van der Waals surface area contributed by atoms with Gasteiger partial charge in [0.05, 0.1) is 18.1 Å². The number of methoxy groups -OCH3 is 1. The van der Waals surface area contributed by atoms with Crippen molar-refractivity contribution < 1.29 is 19.2 Å². The van der Waals surface area contributed by atoms with Crippen molar-refractivity contribution in [3.63, 3.8) is 0 Å². The Morgan fingerprint density at radius 1 is 1.38 bits per heavy atom. The summed E-state index contributed by atoms with van der Waals surface area (Å²) in [5.41, 5.74) is -0.971. The highest BCUT2D eigenvalue weighted by Crippen LogP contribution is 2.24. The van der Waals surface area contributed by atoms with Gasteiger partial charge in [0.15, 0.2) is 0 Å². The van der Waals surface area contributed by atoms with Gasteiger partial charge in [-0.05, 0) is 6.92 Å². The summed E-state index contributed by atoms with van der Waals surface area (Å²) in [5.74, 6) is -0.465. The number of hydrogen-bond acceptors (Lipinski definition) is 5. The van der Waals surface area contributed by atoms with Crippen LogP contribution in [0.1, 0.15) is 12.5 Å². The van der Waals surface area contributed by atoms with E-state index in [0.29, 0.717) is 5.56 Å². The first-order valence-electron chi connectivity index (χ1n) is 6.24. The number of urea groups is 1. The summed E-state index contributed by atoms with van der Waals surface area (Å²) >= 11 is 0. The highest BCUT2D eigenvalue weighted by molar-refractivity contribution is 6.06. The van der Waals surface area contributed by atoms with Crippen LogP contribution in [-0.2, 0) is 16.1 Å². The second-order valence-corrected chi connectivity index (χ2v) is 4.97. The van der Waals surface area contributed by atoms with E-state index in [-0.39, 0.29) is 18.8 Å². The lowest BCUT2D eigenvalue weighted by atomic mass is 10.0. The number of nitrogens with one attached hydrogen (secondary N) is 1. The van der Waals surface area contributed by atoms with E-state index >= 15 is 0 Å². The van der Waals surface area contributed by atoms with Gasteiger partial charge in [-0.25, -0.2) is 4.79 Å². The van der Waals surface area contributed by atoms with Gasteiger partial charge in [0.1, 0.15) is 5.54 Å². The second-order valence-electron chi connectivity index (χ2n) is 4.97. The number of carbonyl (C=O) groups excluding carboxylic acids is 2. The van der Waals surface area contributed by atoms with E-state index in [1.807, 2.05) is 0 Å². The molecule has 0 unspecified atom stereocenters. The van der Waals surface area contributed by atoms with Crippen molar-refractivity contribution in [3.05, 3.63) is 39.9 Å². The Balaban J connectivity index is 2.27. The average Bonchev–Trinajstić information content (AvgIpc) is 2.63. The Morgan fingerprint density at radius 3 is 2.67 bits per heavy atom. The predicted molar refractivity (Wildman–Crippen MR) is 72.5 cm³/mol. The average molecular weight is 293 g/mol. The van der Waals surface area contributed by atoms with Crippen LogP contribution in [0.3, 0.4) is 0 Å². The molecule has 0 bridgehead atoms. The summed E-state index contributed by atoms with van der Waals surface area (Å²) in [5, 5.41) is 13.5. The molecule has 1 fully saturated rings. The van der Waals surface area contributed by atoms with Crippen molar-refractivity contribution >= 4 is 17.6 Å². The van der Waals surface area contributed by atoms with Crippen LogP contribution in [0.4, 0.5) is 10.5 Å². The molecule has 1 aromatic rings. The van der Waals surface area contributed by atoms with Crippen LogP contribution in [0.5, 0.6) is 0 Å². The minimum atomic E-state index is -1.14. The molecule has 2 rings (SSSR count). The summed E-state index contributed by atoms with van der Waals surface area (Å²) in [6, 6.07) is 5.42. The van der Waals surface area contributed by atoms with Crippen LogP contribution in [-0.4, -0.2) is 41.0 Å². The summed E-state index contributed by atoms with van der Waals surface area (Å²) in [6.07, 6.45) is 0. The molecule has 1 aliphatic heterocycles. The van der Waals surface area contributed by atoms with Gasteiger partial charge < -0.3 is 10.1 Å². The van der Waals surface area contributed by atoms with E-state index in [1.54, 1.807) is 13.0 Å². The zero-order chi connectivity index (χ0) is 15.6. The fraction of sp³-hybridized carbons (Fsp3) is 0.385. The summed E-state index contributed by atoms with van der Waals surface area (Å²) in [6.45, 7) is 1.43. The lowest BCUT2D eigenvalue weighted by Gasteiger charge is -2.20. The molecule has 0 aliphatic carbocycles. The number of hydrogen-bond donors (Lipinski definition) is 1. The number of imide groups is 1. The van der Waals surface area contributed by atoms with Crippen LogP contribution in [0.2, 0.25) is 0 Å². The minimum Gasteiger partial charge on any atom is -0.382 e. The molecule has 0 saturated carbocycles. The van der Waals surface area contributed by atoms with Crippen LogP contribution in [0.15, 0.2) is 24.3 Å². The molecule has 112 valence electrons. The Kier molecular flexibility index (Phi) is 3.90. The van der Waals surface area contributed by atoms with Crippen molar-refractivity contribution in [2.24, 2.45) is 0 Å². The molecule has 0 spiro atoms. The van der Waals surface area contributed by atoms with Crippen molar-refractivity contribution in [1.29, 1.82) is 0 Å². The highest BCUT2D eigenvalue weighted by atomic mass is 16.6. The van der Waals surface area contributed by atoms with Crippen LogP contribution >= 0.6 is 0 Å². The standard InChI is InChI=1S/C13H15N3O5/c1-13(8-21-2)11(17)15(12(18)14-13)7-9-5-3-4-6-10(9)16(19)20/h3-6H,7-8H2,1-2H3,(H,14,18)/t13-/m1/s1. The van der Waals surface area contributed by atoms with Crippen molar-refractivity contribution in [1.82, 2.24) is 10.2 Å². The zero-order valence-corrected chi connectivity index (χ0v) is 11.7. The SMILES string of the molecule is COC[C@@]1(C)NC(=O)N(Cc2ccccc2[N+](=O)[O-])C1=O. The molecule has 1 aliphatic rings. The number of para-hydroxylation sites is 1. The number of ether oxygens (including phenoxy) is 1. The molecule has 8 heteroatoms. The highest BCUT2D eigenvalue weighted by Gasteiger charge is 2.48. The maximum atomic E-state index is 12.3. The quantitative estimate of drug-likeness (QED) is 0.496. The molecule has 8 nitrogen and oxygen atoms in total. The second kappa shape index (κ2) is 5.49. The van der Waals surface area contributed by atoms with E-state index in [2.05, 4.69) is 5.32 Å². The number of nitro benzene ring substituents is 1. The molecular formula is C13H15N3O5. The van der Waals surface area contributed by atoms with Gasteiger partial charge >= 0.3 is 6.03 Å². The lowest BCUT2D eigenvalue weighted by molar-refractivity contribution is -0.385. The van der Waals surface area contributed by atoms with E-state index < -0.39 is 22.4 Å². The van der Waals surface area contributed by atoms with Crippen molar-refractivity contribution in [2.45, 2.75) is 19.0 Å². The van der Waals surface area contributed by atoms with E-state index in [0.717, 1.165) is 4.90 Å². The van der Waals surface area contributed by atoms with Gasteiger partial charge in [-0.1, -0.05) is 18.2 Å². The Labute approximate surface area is 120 Å². The Morgan fingerprint density at radius 2 is 2.05 bits per heavy atom. The largest absolute Gasteiger partial charge is 0.382 e. The molecule has 0 radical (unpaired) electrons. The molecular weight excluding hydrogens is 278 g/mol. The number of nitrogens with zero attached hydrogens (tertiary/aromatic N) is 2. The predicted octanol–water partition coefficient (Wildman–Crippen LogP) is 1.05. The summed E-state index contributed by atoms with van der Waals surface area (Å²) in [4.78, 5) is 35.6. The summed E-state index contributed by atoms with van der Waals surface area (Å²) in [7, 11) is 1.43. The van der Waals surface area contributed by atoms with Gasteiger partial charge in [0.25, 0.3) is 11.6 Å². The van der Waals surface area contributed by atoms with Crippen molar-refractivity contribution in [3.8, 4) is 0 Å². The molecule has 1 heterocycles. The van der Waals surface area contributed by atoms with Gasteiger partial charge in [-0.3, -0.25) is 19.8 Å². The molecule has 1 N–H and O–H groups in total. The van der Waals surface area contributed by atoms with Gasteiger partial charge in [0.2, 0.25) is 0 Å². The molecule has 0 aromatic heterocycles. The van der Waals surface area contributed by atoms with Crippen LogP contribution < -0.4 is 5.32 Å². The summed E-state index contributed by atoms with van der Waals surface area (Å²) < 4.78 is 4.94.